The van der Waals surface area contributed by atoms with Gasteiger partial charge in [-0.25, -0.2) is 0 Å². The lowest BCUT2D eigenvalue weighted by molar-refractivity contribution is -0.116. The van der Waals surface area contributed by atoms with E-state index >= 15 is 0 Å². The van der Waals surface area contributed by atoms with Crippen molar-refractivity contribution >= 4 is 45.0 Å². The summed E-state index contributed by atoms with van der Waals surface area (Å²) in [4.78, 5) is 23.2. The molecule has 6 heteroatoms. The molecule has 0 aliphatic carbocycles. The molecule has 2 amide bonds. The summed E-state index contributed by atoms with van der Waals surface area (Å²) < 4.78 is 0. The second-order valence-electron chi connectivity index (χ2n) is 3.97. The van der Waals surface area contributed by atoms with Crippen LogP contribution in [0.4, 0.5) is 5.69 Å². The van der Waals surface area contributed by atoms with Crippen LogP contribution < -0.4 is 10.6 Å². The summed E-state index contributed by atoms with van der Waals surface area (Å²) in [6.07, 6.45) is 2.24. The van der Waals surface area contributed by atoms with Crippen molar-refractivity contribution in [3.63, 3.8) is 0 Å². The molecule has 1 rings (SSSR count). The van der Waals surface area contributed by atoms with Gasteiger partial charge in [-0.15, -0.1) is 0 Å². The summed E-state index contributed by atoms with van der Waals surface area (Å²) >= 11 is 9.25. The Labute approximate surface area is 126 Å². The molecule has 104 valence electrons. The monoisotopic (exact) mass is 346 g/mol. The highest BCUT2D eigenvalue weighted by Gasteiger charge is 2.10. The summed E-state index contributed by atoms with van der Waals surface area (Å²) in [5, 5.41) is 6.51. The number of halogens is 2. The Balaban J connectivity index is 2.69. The van der Waals surface area contributed by atoms with Gasteiger partial charge in [-0.1, -0.05) is 27.5 Å². The number of amides is 2. The fourth-order valence-electron chi connectivity index (χ4n) is 1.52. The zero-order chi connectivity index (χ0) is 14.3. The number of carbonyl (C=O) groups is 2. The fourth-order valence-corrected chi connectivity index (χ4v) is 2.12. The molecule has 0 saturated carbocycles. The molecule has 19 heavy (non-hydrogen) atoms. The van der Waals surface area contributed by atoms with E-state index in [1.54, 1.807) is 18.2 Å². The van der Waals surface area contributed by atoms with Gasteiger partial charge in [-0.3, -0.25) is 9.59 Å². The van der Waals surface area contributed by atoms with Crippen LogP contribution in [-0.4, -0.2) is 24.2 Å². The molecule has 0 aliphatic rings. The molecule has 0 spiro atoms. The zero-order valence-corrected chi connectivity index (χ0v) is 13.0. The zero-order valence-electron chi connectivity index (χ0n) is 10.6. The lowest BCUT2D eigenvalue weighted by Gasteiger charge is -2.08. The van der Waals surface area contributed by atoms with Crippen LogP contribution in [0.2, 0.25) is 5.02 Å². The van der Waals surface area contributed by atoms with Crippen molar-refractivity contribution in [3.05, 3.63) is 28.8 Å². The first kappa shape index (κ1) is 16.0. The van der Waals surface area contributed by atoms with Crippen LogP contribution in [0.15, 0.2) is 18.2 Å². The van der Waals surface area contributed by atoms with Crippen molar-refractivity contribution in [1.82, 2.24) is 5.32 Å². The van der Waals surface area contributed by atoms with E-state index in [9.17, 15) is 9.59 Å². The third-order valence-electron chi connectivity index (χ3n) is 2.51. The first-order valence-electron chi connectivity index (χ1n) is 5.96. The summed E-state index contributed by atoms with van der Waals surface area (Å²) in [5.41, 5.74) is 0.925. The van der Waals surface area contributed by atoms with Gasteiger partial charge in [0.1, 0.15) is 0 Å². The van der Waals surface area contributed by atoms with Gasteiger partial charge in [0.05, 0.1) is 10.6 Å². The van der Waals surface area contributed by atoms with Crippen molar-refractivity contribution in [2.24, 2.45) is 0 Å². The van der Waals surface area contributed by atoms with Crippen LogP contribution in [0.3, 0.4) is 0 Å². The third-order valence-corrected chi connectivity index (χ3v) is 3.40. The molecule has 0 aromatic heterocycles. The van der Waals surface area contributed by atoms with Crippen molar-refractivity contribution in [2.45, 2.75) is 19.3 Å². The average molecular weight is 348 g/mol. The number of benzene rings is 1. The van der Waals surface area contributed by atoms with Crippen LogP contribution in [0.1, 0.15) is 29.6 Å². The Bertz CT molecular complexity index is 466. The maximum Gasteiger partial charge on any atom is 0.252 e. The van der Waals surface area contributed by atoms with Crippen molar-refractivity contribution in [1.29, 1.82) is 0 Å². The van der Waals surface area contributed by atoms with Crippen LogP contribution in [0.25, 0.3) is 0 Å². The molecule has 0 fully saturated rings. The molecule has 1 aromatic carbocycles. The van der Waals surface area contributed by atoms with Gasteiger partial charge >= 0.3 is 0 Å². The van der Waals surface area contributed by atoms with E-state index < -0.39 is 0 Å². The van der Waals surface area contributed by atoms with Crippen molar-refractivity contribution < 1.29 is 9.59 Å². The second-order valence-corrected chi connectivity index (χ2v) is 5.17. The smallest absolute Gasteiger partial charge is 0.252 e. The van der Waals surface area contributed by atoms with Crippen LogP contribution in [0.5, 0.6) is 0 Å². The summed E-state index contributed by atoms with van der Waals surface area (Å²) in [5.74, 6) is -0.341. The topological polar surface area (TPSA) is 58.2 Å². The highest BCUT2D eigenvalue weighted by molar-refractivity contribution is 9.09. The predicted molar refractivity (Wildman–Crippen MR) is 81.1 cm³/mol. The molecule has 0 aliphatic heterocycles. The van der Waals surface area contributed by atoms with Gasteiger partial charge in [-0.05, 0) is 31.0 Å². The number of anilines is 1. The Kier molecular flexibility index (Phi) is 6.87. The summed E-state index contributed by atoms with van der Waals surface area (Å²) in [6.45, 7) is 0. The van der Waals surface area contributed by atoms with E-state index in [0.717, 1.165) is 18.2 Å². The quantitative estimate of drug-likeness (QED) is 0.613. The number of alkyl halides is 1. The molecule has 1 aromatic rings. The first-order chi connectivity index (χ1) is 9.08. The van der Waals surface area contributed by atoms with E-state index in [1.807, 2.05) is 0 Å². The van der Waals surface area contributed by atoms with E-state index in [0.29, 0.717) is 22.7 Å². The number of hydrogen-bond donors (Lipinski definition) is 2. The van der Waals surface area contributed by atoms with Gasteiger partial charge in [0.25, 0.3) is 5.91 Å². The molecule has 0 radical (unpaired) electrons. The Hall–Kier alpha value is -1.07. The van der Waals surface area contributed by atoms with Crippen molar-refractivity contribution in [3.8, 4) is 0 Å². The van der Waals surface area contributed by atoms with Crippen LogP contribution in [-0.2, 0) is 4.79 Å². The molecule has 0 heterocycles. The van der Waals surface area contributed by atoms with Gasteiger partial charge < -0.3 is 10.6 Å². The Morgan fingerprint density at radius 1 is 1.32 bits per heavy atom. The van der Waals surface area contributed by atoms with Gasteiger partial charge in [0.15, 0.2) is 0 Å². The molecule has 4 nitrogen and oxygen atoms in total. The van der Waals surface area contributed by atoms with E-state index in [2.05, 4.69) is 26.6 Å². The number of unbranched alkanes of at least 4 members (excludes halogenated alkanes) is 1. The normalized spacial score (nSPS) is 10.1. The Morgan fingerprint density at radius 3 is 2.68 bits per heavy atom. The molecular weight excluding hydrogens is 332 g/mol. The summed E-state index contributed by atoms with van der Waals surface area (Å²) in [7, 11) is 1.53. The highest BCUT2D eigenvalue weighted by atomic mass is 79.9. The SMILES string of the molecule is CNC(=O)c1cc(NC(=O)CCCCBr)ccc1Cl. The lowest BCUT2D eigenvalue weighted by atomic mass is 10.1. The van der Waals surface area contributed by atoms with Crippen molar-refractivity contribution in [2.75, 3.05) is 17.7 Å². The van der Waals surface area contributed by atoms with Crippen LogP contribution in [0, 0.1) is 0 Å². The van der Waals surface area contributed by atoms with Crippen LogP contribution >= 0.6 is 27.5 Å². The van der Waals surface area contributed by atoms with E-state index in [1.165, 1.54) is 7.05 Å². The molecule has 0 unspecified atom stereocenters. The maximum atomic E-state index is 11.7. The molecule has 0 saturated heterocycles. The number of rotatable bonds is 6. The largest absolute Gasteiger partial charge is 0.355 e. The third kappa shape index (κ3) is 5.20. The second kappa shape index (κ2) is 8.17. The molecule has 0 atom stereocenters. The minimum absolute atomic E-state index is 0.0638. The number of hydrogen-bond acceptors (Lipinski definition) is 2. The highest BCUT2D eigenvalue weighted by Crippen LogP contribution is 2.20. The predicted octanol–water partition coefficient (Wildman–Crippen LogP) is 3.20. The maximum absolute atomic E-state index is 11.7. The number of nitrogens with one attached hydrogen (secondary N) is 2. The van der Waals surface area contributed by atoms with E-state index in [4.69, 9.17) is 11.6 Å². The average Bonchev–Trinajstić information content (AvgIpc) is 2.40. The van der Waals surface area contributed by atoms with Gasteiger partial charge in [0, 0.05) is 24.5 Å². The van der Waals surface area contributed by atoms with Gasteiger partial charge in [-0.2, -0.15) is 0 Å². The Morgan fingerprint density at radius 2 is 2.05 bits per heavy atom. The fraction of sp³-hybridized carbons (Fsp3) is 0.385. The summed E-state index contributed by atoms with van der Waals surface area (Å²) in [6, 6.07) is 4.85. The lowest BCUT2D eigenvalue weighted by Crippen LogP contribution is -2.19. The molecule has 0 bridgehead atoms. The standard InChI is InChI=1S/C13H16BrClN2O2/c1-16-13(19)10-8-9(5-6-11(10)15)17-12(18)4-2-3-7-14/h5-6,8H,2-4,7H2,1H3,(H,16,19)(H,17,18). The minimum atomic E-state index is -0.277. The minimum Gasteiger partial charge on any atom is -0.355 e. The molecule has 2 N–H and O–H groups in total. The molecular formula is C13H16BrClN2O2. The van der Waals surface area contributed by atoms with E-state index in [-0.39, 0.29) is 11.8 Å². The first-order valence-corrected chi connectivity index (χ1v) is 7.46. The van der Waals surface area contributed by atoms with Gasteiger partial charge in [0.2, 0.25) is 5.91 Å². The number of carbonyl (C=O) groups excluding carboxylic acids is 2.